The Morgan fingerprint density at radius 3 is 1.91 bits per heavy atom. The summed E-state index contributed by atoms with van der Waals surface area (Å²) in [4.78, 5) is 2.14. The molecule has 0 amide bonds. The van der Waals surface area contributed by atoms with Crippen LogP contribution in [0.25, 0.3) is 0 Å². The van der Waals surface area contributed by atoms with Gasteiger partial charge in [-0.3, -0.25) is 0 Å². The second-order valence-electron chi connectivity index (χ2n) is 3.76. The van der Waals surface area contributed by atoms with Gasteiger partial charge in [-0.2, -0.15) is 0 Å². The van der Waals surface area contributed by atoms with Gasteiger partial charge in [-0.15, -0.1) is 0 Å². The van der Waals surface area contributed by atoms with Crippen molar-refractivity contribution >= 4 is 0 Å². The number of nitrogens with zero attached hydrogens (tertiary/aromatic N) is 1. The van der Waals surface area contributed by atoms with Crippen LogP contribution in [0.1, 0.15) is 44.9 Å². The van der Waals surface area contributed by atoms with Gasteiger partial charge >= 0.3 is 0 Å². The molecule has 1 saturated carbocycles. The van der Waals surface area contributed by atoms with Crippen molar-refractivity contribution in [2.24, 2.45) is 0 Å². The third-order valence-electron chi connectivity index (χ3n) is 2.70. The molecule has 0 spiro atoms. The highest BCUT2D eigenvalue weighted by atomic mass is 15.1. The van der Waals surface area contributed by atoms with E-state index in [1.807, 2.05) is 0 Å². The van der Waals surface area contributed by atoms with E-state index >= 15 is 0 Å². The molecule has 1 aliphatic carbocycles. The van der Waals surface area contributed by atoms with Crippen molar-refractivity contribution in [1.82, 2.24) is 4.90 Å². The molecule has 0 aliphatic heterocycles. The first-order chi connectivity index (χ1) is 5.30. The predicted molar refractivity (Wildman–Crippen MR) is 49.2 cm³/mol. The van der Waals surface area contributed by atoms with Gasteiger partial charge in [-0.1, -0.05) is 32.1 Å². The van der Waals surface area contributed by atoms with Gasteiger partial charge in [-0.25, -0.2) is 0 Å². The maximum Gasteiger partial charge on any atom is 0.0109 e. The Morgan fingerprint density at radius 2 is 1.45 bits per heavy atom. The van der Waals surface area contributed by atoms with E-state index < -0.39 is 0 Å². The highest BCUT2D eigenvalue weighted by Crippen LogP contribution is 2.19. The third kappa shape index (κ3) is 3.24. The monoisotopic (exact) mass is 154 g/mol. The molecule has 0 atom stereocenters. The smallest absolute Gasteiger partial charge is 0.0109 e. The molecule has 1 heteroatoms. The summed E-state index contributed by atoms with van der Waals surface area (Å²) < 4.78 is 0. The first kappa shape index (κ1) is 9.05. The van der Waals surface area contributed by atoms with E-state index in [4.69, 9.17) is 0 Å². The largest absolute Gasteiger partial charge is 0.302 e. The Bertz CT molecular complexity index is 91.0. The maximum atomic E-state index is 3.97. The minimum Gasteiger partial charge on any atom is -0.302 e. The SMILES string of the molecule is [CH2]N(C)C1CCCCCCC1. The van der Waals surface area contributed by atoms with Gasteiger partial charge in [0.2, 0.25) is 0 Å². The van der Waals surface area contributed by atoms with Crippen LogP contribution < -0.4 is 0 Å². The molecule has 1 radical (unpaired) electrons. The lowest BCUT2D eigenvalue weighted by molar-refractivity contribution is 0.265. The molecular weight excluding hydrogens is 134 g/mol. The normalized spacial score (nSPS) is 23.2. The Labute approximate surface area is 70.8 Å². The van der Waals surface area contributed by atoms with Gasteiger partial charge in [-0.05, 0) is 19.9 Å². The lowest BCUT2D eigenvalue weighted by Crippen LogP contribution is -2.26. The summed E-state index contributed by atoms with van der Waals surface area (Å²) in [5.74, 6) is 0. The Kier molecular flexibility index (Phi) is 3.92. The summed E-state index contributed by atoms with van der Waals surface area (Å²) >= 11 is 0. The van der Waals surface area contributed by atoms with Crippen molar-refractivity contribution in [2.75, 3.05) is 7.05 Å². The molecule has 0 unspecified atom stereocenters. The van der Waals surface area contributed by atoms with E-state index in [9.17, 15) is 0 Å². The van der Waals surface area contributed by atoms with Crippen LogP contribution in [0, 0.1) is 7.05 Å². The molecular formula is C10H20N. The maximum absolute atomic E-state index is 3.97. The summed E-state index contributed by atoms with van der Waals surface area (Å²) in [6.07, 6.45) is 9.86. The lowest BCUT2D eigenvalue weighted by atomic mass is 9.96. The second kappa shape index (κ2) is 4.76. The topological polar surface area (TPSA) is 3.24 Å². The summed E-state index contributed by atoms with van der Waals surface area (Å²) in [5.41, 5.74) is 0. The molecule has 1 fully saturated rings. The van der Waals surface area contributed by atoms with Crippen molar-refractivity contribution in [3.63, 3.8) is 0 Å². The lowest BCUT2D eigenvalue weighted by Gasteiger charge is -2.25. The van der Waals surface area contributed by atoms with Gasteiger partial charge in [0.05, 0.1) is 0 Å². The Hall–Kier alpha value is -0.0400. The average molecular weight is 154 g/mol. The fourth-order valence-electron chi connectivity index (χ4n) is 1.88. The Morgan fingerprint density at radius 1 is 1.00 bits per heavy atom. The minimum absolute atomic E-state index is 0.760. The fourth-order valence-corrected chi connectivity index (χ4v) is 1.88. The molecule has 0 aromatic rings. The van der Waals surface area contributed by atoms with Gasteiger partial charge in [0.15, 0.2) is 0 Å². The number of hydrogen-bond acceptors (Lipinski definition) is 1. The van der Waals surface area contributed by atoms with Gasteiger partial charge in [0.1, 0.15) is 0 Å². The first-order valence-electron chi connectivity index (χ1n) is 4.84. The molecule has 0 heterocycles. The van der Waals surface area contributed by atoms with Crippen molar-refractivity contribution in [3.05, 3.63) is 7.05 Å². The first-order valence-corrected chi connectivity index (χ1v) is 4.84. The Balaban J connectivity index is 2.26. The molecule has 11 heavy (non-hydrogen) atoms. The minimum atomic E-state index is 0.760. The van der Waals surface area contributed by atoms with Crippen LogP contribution in [-0.2, 0) is 0 Å². The molecule has 65 valence electrons. The van der Waals surface area contributed by atoms with E-state index in [0.717, 1.165) is 6.04 Å². The highest BCUT2D eigenvalue weighted by Gasteiger charge is 2.12. The van der Waals surface area contributed by atoms with Crippen molar-refractivity contribution in [2.45, 2.75) is 51.0 Å². The van der Waals surface area contributed by atoms with Crippen LogP contribution in [0.2, 0.25) is 0 Å². The molecule has 1 aliphatic rings. The molecule has 1 nitrogen and oxygen atoms in total. The standard InChI is InChI=1S/C10H20N/c1-11(2)10-8-6-4-3-5-7-9-10/h10H,1,3-9H2,2H3. The van der Waals surface area contributed by atoms with Crippen molar-refractivity contribution in [3.8, 4) is 0 Å². The van der Waals surface area contributed by atoms with E-state index in [2.05, 4.69) is 19.0 Å². The zero-order valence-corrected chi connectivity index (χ0v) is 7.68. The summed E-state index contributed by atoms with van der Waals surface area (Å²) in [6, 6.07) is 0.760. The van der Waals surface area contributed by atoms with Crippen LogP contribution in [-0.4, -0.2) is 18.0 Å². The quantitative estimate of drug-likeness (QED) is 0.561. The zero-order chi connectivity index (χ0) is 8.10. The van der Waals surface area contributed by atoms with Crippen LogP contribution in [0.5, 0.6) is 0 Å². The zero-order valence-electron chi connectivity index (χ0n) is 7.68. The van der Waals surface area contributed by atoms with E-state index in [1.54, 1.807) is 0 Å². The summed E-state index contributed by atoms with van der Waals surface area (Å²) in [5, 5.41) is 0. The highest BCUT2D eigenvalue weighted by molar-refractivity contribution is 4.70. The van der Waals surface area contributed by atoms with Gasteiger partial charge in [0, 0.05) is 13.1 Å². The van der Waals surface area contributed by atoms with Crippen molar-refractivity contribution < 1.29 is 0 Å². The second-order valence-corrected chi connectivity index (χ2v) is 3.76. The van der Waals surface area contributed by atoms with Gasteiger partial charge in [0.25, 0.3) is 0 Å². The van der Waals surface area contributed by atoms with Crippen LogP contribution in [0.3, 0.4) is 0 Å². The molecule has 0 aromatic heterocycles. The molecule has 0 bridgehead atoms. The van der Waals surface area contributed by atoms with E-state index in [1.165, 1.54) is 44.9 Å². The molecule has 0 aromatic carbocycles. The fraction of sp³-hybridized carbons (Fsp3) is 0.900. The van der Waals surface area contributed by atoms with Crippen molar-refractivity contribution in [1.29, 1.82) is 0 Å². The van der Waals surface area contributed by atoms with Crippen LogP contribution in [0.15, 0.2) is 0 Å². The van der Waals surface area contributed by atoms with Crippen LogP contribution in [0.4, 0.5) is 0 Å². The molecule has 0 N–H and O–H groups in total. The number of rotatable bonds is 1. The predicted octanol–water partition coefficient (Wildman–Crippen LogP) is 2.82. The summed E-state index contributed by atoms with van der Waals surface area (Å²) in [7, 11) is 6.07. The third-order valence-corrected chi connectivity index (χ3v) is 2.70. The van der Waals surface area contributed by atoms with E-state index in [0.29, 0.717) is 0 Å². The van der Waals surface area contributed by atoms with E-state index in [-0.39, 0.29) is 0 Å². The molecule has 1 rings (SSSR count). The van der Waals surface area contributed by atoms with Crippen LogP contribution >= 0.6 is 0 Å². The summed E-state index contributed by atoms with van der Waals surface area (Å²) in [6.45, 7) is 0. The van der Waals surface area contributed by atoms with Gasteiger partial charge < -0.3 is 4.90 Å². The number of hydrogen-bond donors (Lipinski definition) is 0. The average Bonchev–Trinajstić information content (AvgIpc) is 1.84. The molecule has 0 saturated heterocycles.